The van der Waals surface area contributed by atoms with Crippen LogP contribution in [0.15, 0.2) is 17.0 Å². The number of rotatable bonds is 4. The molecule has 30 heavy (non-hydrogen) atoms. The second-order valence-corrected chi connectivity index (χ2v) is 9.65. The zero-order valence-electron chi connectivity index (χ0n) is 13.9. The van der Waals surface area contributed by atoms with Crippen LogP contribution in [-0.4, -0.2) is 26.8 Å². The number of anilines is 1. The Balaban J connectivity index is 2.30. The molecule has 3 N–H and O–H groups in total. The molecule has 1 aliphatic rings. The molecule has 0 amide bonds. The lowest BCUT2D eigenvalue weighted by molar-refractivity contribution is -0.142. The number of halogens is 9. The van der Waals surface area contributed by atoms with Crippen LogP contribution in [0.3, 0.4) is 0 Å². The molecule has 1 atom stereocenters. The van der Waals surface area contributed by atoms with Gasteiger partial charge in [0.15, 0.2) is 11.1 Å². The van der Waals surface area contributed by atoms with Crippen molar-refractivity contribution in [2.75, 3.05) is 5.73 Å². The lowest BCUT2D eigenvalue weighted by atomic mass is 9.95. The highest BCUT2D eigenvalue weighted by molar-refractivity contribution is 8.45. The number of hydrogen-bond acceptors (Lipinski definition) is 4. The fraction of sp³-hybridized carbons (Fsp3) is 0.214. The standard InChI is InChI=1S/C14H7Cl2F7N4O2S/c15-6-1-5(30(19,20,21,22)23)2-7(16)10(6)27-11(25)9(8(3-24)26-27)13(12(28)29)4-14(13,17)18/h1-2H,4,25H2,(H,28,29). The number of nitriles is 1. The molecular formula is C14H7Cl2F7N4O2S. The second kappa shape index (κ2) is 5.45. The Morgan fingerprint density at radius 3 is 2.03 bits per heavy atom. The lowest BCUT2D eigenvalue weighted by Crippen LogP contribution is -2.28. The van der Waals surface area contributed by atoms with Gasteiger partial charge in [0.2, 0.25) is 0 Å². The van der Waals surface area contributed by atoms with Crippen LogP contribution < -0.4 is 5.73 Å². The molecule has 1 fully saturated rings. The number of carboxylic acid groups (broad SMARTS) is 1. The average molecular weight is 499 g/mol. The quantitative estimate of drug-likeness (QED) is 0.529. The number of hydrogen-bond donors (Lipinski definition) is 2. The summed E-state index contributed by atoms with van der Waals surface area (Å²) < 4.78 is 93.3. The maximum Gasteiger partial charge on any atom is 0.320 e. The zero-order valence-corrected chi connectivity index (χ0v) is 16.3. The topological polar surface area (TPSA) is 105 Å². The number of benzene rings is 1. The van der Waals surface area contributed by atoms with Crippen molar-refractivity contribution in [2.45, 2.75) is 22.7 Å². The number of carboxylic acids is 1. The normalized spacial score (nSPS) is 22.7. The Labute approximate surface area is 172 Å². The summed E-state index contributed by atoms with van der Waals surface area (Å²) in [5.41, 5.74) is 0.266. The molecule has 1 saturated carbocycles. The van der Waals surface area contributed by atoms with Gasteiger partial charge in [-0.15, -0.1) is 0 Å². The van der Waals surface area contributed by atoms with Crippen molar-refractivity contribution >= 4 is 45.2 Å². The molecule has 1 unspecified atom stereocenters. The van der Waals surface area contributed by atoms with Crippen LogP contribution >= 0.6 is 33.4 Å². The van der Waals surface area contributed by atoms with Gasteiger partial charge in [-0.05, 0) is 12.1 Å². The largest absolute Gasteiger partial charge is 0.480 e. The van der Waals surface area contributed by atoms with Gasteiger partial charge in [-0.1, -0.05) is 42.6 Å². The predicted molar refractivity (Wildman–Crippen MR) is 93.0 cm³/mol. The van der Waals surface area contributed by atoms with Gasteiger partial charge < -0.3 is 10.8 Å². The Morgan fingerprint density at radius 2 is 1.70 bits per heavy atom. The fourth-order valence-corrected chi connectivity index (χ4v) is 4.42. The van der Waals surface area contributed by atoms with Crippen LogP contribution in [-0.2, 0) is 10.2 Å². The van der Waals surface area contributed by atoms with Crippen molar-refractivity contribution in [3.8, 4) is 11.8 Å². The monoisotopic (exact) mass is 498 g/mol. The maximum absolute atomic E-state index is 13.9. The molecule has 1 aromatic heterocycles. The van der Waals surface area contributed by atoms with Crippen molar-refractivity contribution in [3.05, 3.63) is 33.4 Å². The lowest BCUT2D eigenvalue weighted by Gasteiger charge is -2.40. The van der Waals surface area contributed by atoms with Gasteiger partial charge in [0.05, 0.1) is 15.6 Å². The third-order valence-corrected chi connectivity index (χ3v) is 6.16. The minimum atomic E-state index is -10.2. The first kappa shape index (κ1) is 22.3. The molecule has 1 aromatic carbocycles. The summed E-state index contributed by atoms with van der Waals surface area (Å²) in [7, 11) is -10.2. The van der Waals surface area contributed by atoms with E-state index in [4.69, 9.17) is 28.9 Å². The van der Waals surface area contributed by atoms with Crippen LogP contribution in [0.5, 0.6) is 0 Å². The highest BCUT2D eigenvalue weighted by Gasteiger charge is 2.79. The second-order valence-electron chi connectivity index (χ2n) is 6.43. The highest BCUT2D eigenvalue weighted by Crippen LogP contribution is 3.02. The SMILES string of the molecule is N#Cc1nn(-c2c(Cl)cc(S(F)(F)(F)(F)F)cc2Cl)c(N)c1C1(C(=O)O)CC1(F)F. The summed E-state index contributed by atoms with van der Waals surface area (Å²) >= 11 is 11.3. The van der Waals surface area contributed by atoms with Gasteiger partial charge in [0, 0.05) is 6.42 Å². The Bertz CT molecular complexity index is 1150. The summed E-state index contributed by atoms with van der Waals surface area (Å²) in [4.78, 5) is 9.05. The van der Waals surface area contributed by atoms with Gasteiger partial charge in [0.25, 0.3) is 5.92 Å². The fourth-order valence-electron chi connectivity index (χ4n) is 2.97. The molecule has 1 heterocycles. The zero-order chi connectivity index (χ0) is 23.1. The number of nitrogens with zero attached hydrogens (tertiary/aromatic N) is 3. The van der Waals surface area contributed by atoms with E-state index in [0.29, 0.717) is 4.68 Å². The molecule has 0 saturated heterocycles. The van der Waals surface area contributed by atoms with Gasteiger partial charge in [0.1, 0.15) is 22.5 Å². The van der Waals surface area contributed by atoms with Crippen molar-refractivity contribution in [2.24, 2.45) is 0 Å². The first-order valence-corrected chi connectivity index (χ1v) is 10.1. The van der Waals surface area contributed by atoms with Crippen LogP contribution in [0, 0.1) is 11.3 Å². The molecule has 0 spiro atoms. The Morgan fingerprint density at radius 1 is 1.23 bits per heavy atom. The smallest absolute Gasteiger partial charge is 0.320 e. The first-order valence-electron chi connectivity index (χ1n) is 7.40. The number of alkyl halides is 2. The van der Waals surface area contributed by atoms with Crippen LogP contribution in [0.25, 0.3) is 5.69 Å². The number of carbonyl (C=O) groups is 1. The summed E-state index contributed by atoms with van der Waals surface area (Å²) in [5, 5.41) is 19.8. The molecular weight excluding hydrogens is 492 g/mol. The summed E-state index contributed by atoms with van der Waals surface area (Å²) in [5.74, 6) is -6.70. The average Bonchev–Trinajstić information content (AvgIpc) is 2.97. The van der Waals surface area contributed by atoms with Crippen molar-refractivity contribution in [1.29, 1.82) is 5.26 Å². The summed E-state index contributed by atoms with van der Waals surface area (Å²) in [6.45, 7) is 0. The van der Waals surface area contributed by atoms with Gasteiger partial charge in [-0.25, -0.2) is 13.5 Å². The van der Waals surface area contributed by atoms with E-state index in [1.807, 2.05) is 0 Å². The summed E-state index contributed by atoms with van der Waals surface area (Å²) in [6, 6.07) is 1.02. The van der Waals surface area contributed by atoms with E-state index in [9.17, 15) is 43.4 Å². The van der Waals surface area contributed by atoms with E-state index < -0.39 is 71.7 Å². The van der Waals surface area contributed by atoms with Crippen LogP contribution in [0.1, 0.15) is 17.7 Å². The Hall–Kier alpha value is -2.37. The van der Waals surface area contributed by atoms with E-state index in [1.165, 1.54) is 6.07 Å². The molecule has 16 heteroatoms. The van der Waals surface area contributed by atoms with E-state index in [1.54, 1.807) is 0 Å². The molecule has 0 bridgehead atoms. The minimum absolute atomic E-state index is 0.171. The molecule has 164 valence electrons. The number of aromatic nitrogens is 2. The van der Waals surface area contributed by atoms with Gasteiger partial charge in [-0.3, -0.25) is 4.79 Å². The Kier molecular flexibility index (Phi) is 4.06. The van der Waals surface area contributed by atoms with Crippen molar-refractivity contribution in [1.82, 2.24) is 9.78 Å². The molecule has 0 aliphatic heterocycles. The van der Waals surface area contributed by atoms with Crippen molar-refractivity contribution < 1.29 is 38.1 Å². The molecule has 3 rings (SSSR count). The van der Waals surface area contributed by atoms with E-state index in [-0.39, 0.29) is 12.1 Å². The predicted octanol–water partition coefficient (Wildman–Crippen LogP) is 5.65. The maximum atomic E-state index is 13.9. The van der Waals surface area contributed by atoms with Crippen LogP contribution in [0.2, 0.25) is 10.0 Å². The van der Waals surface area contributed by atoms with E-state index in [2.05, 4.69) is 5.10 Å². The number of aliphatic carboxylic acids is 1. The molecule has 6 nitrogen and oxygen atoms in total. The van der Waals surface area contributed by atoms with Gasteiger partial charge >= 0.3 is 16.2 Å². The molecule has 0 radical (unpaired) electrons. The highest BCUT2D eigenvalue weighted by atomic mass is 35.5. The number of nitrogen functional groups attached to an aromatic ring is 1. The third-order valence-electron chi connectivity index (χ3n) is 4.45. The first-order chi connectivity index (χ1) is 13.3. The minimum Gasteiger partial charge on any atom is -0.480 e. The third kappa shape index (κ3) is 3.12. The van der Waals surface area contributed by atoms with Crippen LogP contribution in [0.4, 0.5) is 34.0 Å². The summed E-state index contributed by atoms with van der Waals surface area (Å²) in [6.07, 6.45) is -1.22. The molecule has 1 aliphatic carbocycles. The van der Waals surface area contributed by atoms with Crippen molar-refractivity contribution in [3.63, 3.8) is 0 Å². The van der Waals surface area contributed by atoms with Gasteiger partial charge in [-0.2, -0.15) is 10.4 Å². The van der Waals surface area contributed by atoms with E-state index in [0.717, 1.165) is 0 Å². The molecule has 2 aromatic rings. The van der Waals surface area contributed by atoms with E-state index >= 15 is 0 Å². The number of nitrogens with two attached hydrogens (primary N) is 1.